The van der Waals surface area contributed by atoms with Crippen LogP contribution in [0.3, 0.4) is 0 Å². The molecule has 28 heavy (non-hydrogen) atoms. The van der Waals surface area contributed by atoms with Crippen molar-refractivity contribution in [2.45, 2.75) is 44.2 Å². The van der Waals surface area contributed by atoms with Crippen molar-refractivity contribution in [1.29, 1.82) is 0 Å². The first kappa shape index (κ1) is 18.3. The number of nitrogen functional groups attached to an aromatic ring is 1. The van der Waals surface area contributed by atoms with Crippen LogP contribution in [-0.4, -0.2) is 42.7 Å². The quantitative estimate of drug-likeness (QED) is 0.586. The lowest BCUT2D eigenvalue weighted by Gasteiger charge is -2.26. The smallest absolute Gasteiger partial charge is 0.224 e. The van der Waals surface area contributed by atoms with Gasteiger partial charge in [-0.2, -0.15) is 9.49 Å². The summed E-state index contributed by atoms with van der Waals surface area (Å²) in [5.41, 5.74) is 8.42. The number of nitrogens with two attached hydrogens (primary N) is 1. The molecular formula is C19H21FN6O2. The molecule has 0 saturated heterocycles. The molecule has 0 atom stereocenters. The highest BCUT2D eigenvalue weighted by atomic mass is 19.1. The van der Waals surface area contributed by atoms with Crippen LogP contribution in [-0.2, 0) is 11.2 Å². The Labute approximate surface area is 160 Å². The molecule has 3 heterocycles. The minimum atomic E-state index is -0.603. The molecule has 1 aliphatic rings. The molecule has 0 aliphatic heterocycles. The zero-order valence-electron chi connectivity index (χ0n) is 15.2. The average Bonchev–Trinajstić information content (AvgIpc) is 3.03. The van der Waals surface area contributed by atoms with E-state index in [-0.39, 0.29) is 30.3 Å². The first-order chi connectivity index (χ1) is 13.5. The average molecular weight is 384 g/mol. The number of nitrogens with one attached hydrogen (secondary N) is 1. The highest BCUT2D eigenvalue weighted by Crippen LogP contribution is 2.28. The molecule has 0 bridgehead atoms. The molecule has 0 spiro atoms. The van der Waals surface area contributed by atoms with Gasteiger partial charge < -0.3 is 16.2 Å². The Morgan fingerprint density at radius 1 is 1.29 bits per heavy atom. The van der Waals surface area contributed by atoms with Crippen molar-refractivity contribution in [3.8, 4) is 11.3 Å². The van der Waals surface area contributed by atoms with Gasteiger partial charge in [0.1, 0.15) is 11.8 Å². The van der Waals surface area contributed by atoms with Crippen LogP contribution in [0.4, 0.5) is 10.2 Å². The fraction of sp³-hybridized carbons (Fsp3) is 0.368. The normalized spacial score (nSPS) is 19.6. The van der Waals surface area contributed by atoms with Crippen molar-refractivity contribution in [2.75, 3.05) is 5.73 Å². The second-order valence-electron chi connectivity index (χ2n) is 7.08. The minimum Gasteiger partial charge on any atom is -0.393 e. The van der Waals surface area contributed by atoms with Crippen molar-refractivity contribution >= 4 is 17.2 Å². The number of carbonyl (C=O) groups is 1. The van der Waals surface area contributed by atoms with Crippen molar-refractivity contribution < 1.29 is 14.3 Å². The van der Waals surface area contributed by atoms with Gasteiger partial charge in [-0.25, -0.2) is 14.5 Å². The molecule has 1 fully saturated rings. The number of anilines is 1. The van der Waals surface area contributed by atoms with Gasteiger partial charge in [0.25, 0.3) is 0 Å². The SMILES string of the molecule is Nc1ncnn2c(-c3ccnc(F)c3)cc(CC(=O)NC3CCC(O)CC3)c12. The number of aromatic nitrogens is 4. The summed E-state index contributed by atoms with van der Waals surface area (Å²) in [6.07, 6.45) is 5.43. The van der Waals surface area contributed by atoms with Crippen molar-refractivity contribution in [3.05, 3.63) is 42.2 Å². The zero-order chi connectivity index (χ0) is 19.7. The summed E-state index contributed by atoms with van der Waals surface area (Å²) >= 11 is 0. The van der Waals surface area contributed by atoms with Gasteiger partial charge in [0.05, 0.1) is 18.2 Å². The highest BCUT2D eigenvalue weighted by molar-refractivity contribution is 5.86. The number of pyridine rings is 1. The lowest BCUT2D eigenvalue weighted by Crippen LogP contribution is -2.39. The Morgan fingerprint density at radius 3 is 2.82 bits per heavy atom. The van der Waals surface area contributed by atoms with Gasteiger partial charge in [-0.15, -0.1) is 0 Å². The molecule has 9 heteroatoms. The summed E-state index contributed by atoms with van der Waals surface area (Å²) in [6.45, 7) is 0. The first-order valence-corrected chi connectivity index (χ1v) is 9.21. The van der Waals surface area contributed by atoms with E-state index in [0.717, 1.165) is 12.8 Å². The number of amides is 1. The maximum absolute atomic E-state index is 13.6. The Kier molecular flexibility index (Phi) is 4.91. The Morgan fingerprint density at radius 2 is 2.07 bits per heavy atom. The number of rotatable bonds is 4. The lowest BCUT2D eigenvalue weighted by molar-refractivity contribution is -0.121. The monoisotopic (exact) mass is 384 g/mol. The summed E-state index contributed by atoms with van der Waals surface area (Å²) in [5, 5.41) is 16.8. The van der Waals surface area contributed by atoms with Crippen LogP contribution >= 0.6 is 0 Å². The van der Waals surface area contributed by atoms with Crippen molar-refractivity contribution in [2.24, 2.45) is 0 Å². The molecule has 3 aromatic heterocycles. The Bertz CT molecular complexity index is 1010. The van der Waals surface area contributed by atoms with Crippen molar-refractivity contribution in [1.82, 2.24) is 24.9 Å². The number of fused-ring (bicyclic) bond motifs is 1. The van der Waals surface area contributed by atoms with E-state index in [9.17, 15) is 14.3 Å². The largest absolute Gasteiger partial charge is 0.393 e. The maximum Gasteiger partial charge on any atom is 0.224 e. The van der Waals surface area contributed by atoms with E-state index in [1.165, 1.54) is 18.6 Å². The van der Waals surface area contributed by atoms with Gasteiger partial charge in [-0.1, -0.05) is 0 Å². The van der Waals surface area contributed by atoms with Gasteiger partial charge in [-0.3, -0.25) is 4.79 Å². The lowest BCUT2D eigenvalue weighted by atomic mass is 9.93. The molecule has 1 aliphatic carbocycles. The number of halogens is 1. The predicted octanol–water partition coefficient (Wildman–Crippen LogP) is 1.47. The van der Waals surface area contributed by atoms with Crippen LogP contribution in [0.1, 0.15) is 31.2 Å². The van der Waals surface area contributed by atoms with E-state index in [4.69, 9.17) is 5.73 Å². The number of aliphatic hydroxyl groups excluding tert-OH is 1. The second kappa shape index (κ2) is 7.51. The second-order valence-corrected chi connectivity index (χ2v) is 7.08. The van der Waals surface area contributed by atoms with Crippen molar-refractivity contribution in [3.63, 3.8) is 0 Å². The zero-order valence-corrected chi connectivity index (χ0v) is 15.2. The number of nitrogens with zero attached hydrogens (tertiary/aromatic N) is 4. The molecule has 0 aromatic carbocycles. The van der Waals surface area contributed by atoms with Crippen LogP contribution in [0.2, 0.25) is 0 Å². The van der Waals surface area contributed by atoms with Gasteiger partial charge in [-0.05, 0) is 43.4 Å². The van der Waals surface area contributed by atoms with E-state index in [0.29, 0.717) is 35.2 Å². The third-order valence-electron chi connectivity index (χ3n) is 5.10. The molecule has 1 saturated carbocycles. The molecule has 1 amide bonds. The highest BCUT2D eigenvalue weighted by Gasteiger charge is 2.22. The first-order valence-electron chi connectivity index (χ1n) is 9.21. The van der Waals surface area contributed by atoms with E-state index in [1.807, 2.05) is 0 Å². The van der Waals surface area contributed by atoms with Gasteiger partial charge in [0.2, 0.25) is 11.9 Å². The molecule has 4 N–H and O–H groups in total. The predicted molar refractivity (Wildman–Crippen MR) is 101 cm³/mol. The molecule has 4 rings (SSSR count). The molecule has 8 nitrogen and oxygen atoms in total. The summed E-state index contributed by atoms with van der Waals surface area (Å²) < 4.78 is 15.1. The van der Waals surface area contributed by atoms with E-state index in [1.54, 1.807) is 16.6 Å². The number of carbonyl (C=O) groups excluding carboxylic acids is 1. The Hall–Kier alpha value is -3.07. The number of hydrogen-bond acceptors (Lipinski definition) is 6. The summed E-state index contributed by atoms with van der Waals surface area (Å²) in [5.74, 6) is -0.489. The third kappa shape index (κ3) is 3.65. The van der Waals surface area contributed by atoms with Crippen LogP contribution in [0, 0.1) is 5.95 Å². The Balaban J connectivity index is 1.63. The number of aliphatic hydroxyl groups is 1. The summed E-state index contributed by atoms with van der Waals surface area (Å²) in [4.78, 5) is 20.2. The van der Waals surface area contributed by atoms with Gasteiger partial charge in [0.15, 0.2) is 5.82 Å². The van der Waals surface area contributed by atoms with Crippen LogP contribution in [0.15, 0.2) is 30.7 Å². The number of hydrogen-bond donors (Lipinski definition) is 3. The molecular weight excluding hydrogens is 363 g/mol. The van der Waals surface area contributed by atoms with Gasteiger partial charge in [0, 0.05) is 23.9 Å². The van der Waals surface area contributed by atoms with Gasteiger partial charge >= 0.3 is 0 Å². The van der Waals surface area contributed by atoms with Crippen LogP contribution in [0.5, 0.6) is 0 Å². The van der Waals surface area contributed by atoms with E-state index < -0.39 is 5.95 Å². The molecule has 3 aromatic rings. The fourth-order valence-corrected chi connectivity index (χ4v) is 3.72. The van der Waals surface area contributed by atoms with Crippen LogP contribution in [0.25, 0.3) is 16.8 Å². The standard InChI is InChI=1S/C19H21FN6O2/c20-16-8-11(5-6-22-16)15-7-12(18-19(21)23-10-24-26(15)18)9-17(28)25-13-1-3-14(27)4-2-13/h5-8,10,13-14,27H,1-4,9H2,(H,25,28)(H2,21,23,24). The summed E-state index contributed by atoms with van der Waals surface area (Å²) in [7, 11) is 0. The van der Waals surface area contributed by atoms with E-state index in [2.05, 4.69) is 20.4 Å². The summed E-state index contributed by atoms with van der Waals surface area (Å²) in [6, 6.07) is 4.81. The van der Waals surface area contributed by atoms with Crippen LogP contribution < -0.4 is 11.1 Å². The van der Waals surface area contributed by atoms with E-state index >= 15 is 0 Å². The molecule has 146 valence electrons. The topological polar surface area (TPSA) is 118 Å². The third-order valence-corrected chi connectivity index (χ3v) is 5.10. The maximum atomic E-state index is 13.6. The molecule has 0 radical (unpaired) electrons. The minimum absolute atomic E-state index is 0.0622. The molecule has 0 unspecified atom stereocenters. The fourth-order valence-electron chi connectivity index (χ4n) is 3.72.